The number of thiophene rings is 1. The first-order valence-corrected chi connectivity index (χ1v) is 9.17. The molecule has 0 amide bonds. The SMILES string of the molecule is Cc1ccc(C(CNCC(C)C)Cc2ccc(Br)s2)cc1. The third-order valence-corrected chi connectivity index (χ3v) is 5.21. The largest absolute Gasteiger partial charge is 0.316 e. The summed E-state index contributed by atoms with van der Waals surface area (Å²) in [6.45, 7) is 8.77. The summed E-state index contributed by atoms with van der Waals surface area (Å²) < 4.78 is 1.22. The van der Waals surface area contributed by atoms with E-state index in [1.54, 1.807) is 0 Å². The van der Waals surface area contributed by atoms with Crippen molar-refractivity contribution in [1.82, 2.24) is 5.32 Å². The number of hydrogen-bond acceptors (Lipinski definition) is 2. The zero-order valence-electron chi connectivity index (χ0n) is 13.0. The average molecular weight is 366 g/mol. The molecular formula is C18H24BrNS. The van der Waals surface area contributed by atoms with Gasteiger partial charge < -0.3 is 5.32 Å². The number of aryl methyl sites for hydroxylation is 1. The molecule has 114 valence electrons. The summed E-state index contributed by atoms with van der Waals surface area (Å²) in [4.78, 5) is 1.44. The van der Waals surface area contributed by atoms with Crippen molar-refractivity contribution in [2.24, 2.45) is 5.92 Å². The van der Waals surface area contributed by atoms with Gasteiger partial charge in [0.15, 0.2) is 0 Å². The molecule has 1 N–H and O–H groups in total. The lowest BCUT2D eigenvalue weighted by atomic mass is 9.94. The molecule has 0 bridgehead atoms. The predicted molar refractivity (Wildman–Crippen MR) is 97.4 cm³/mol. The van der Waals surface area contributed by atoms with Crippen molar-refractivity contribution >= 4 is 27.3 Å². The summed E-state index contributed by atoms with van der Waals surface area (Å²) in [6, 6.07) is 13.4. The van der Waals surface area contributed by atoms with E-state index in [2.05, 4.69) is 78.4 Å². The highest BCUT2D eigenvalue weighted by atomic mass is 79.9. The second kappa shape index (κ2) is 8.11. The van der Waals surface area contributed by atoms with E-state index in [0.29, 0.717) is 11.8 Å². The van der Waals surface area contributed by atoms with Crippen molar-refractivity contribution in [1.29, 1.82) is 0 Å². The third-order valence-electron chi connectivity index (χ3n) is 3.57. The lowest BCUT2D eigenvalue weighted by Crippen LogP contribution is -2.26. The van der Waals surface area contributed by atoms with E-state index >= 15 is 0 Å². The van der Waals surface area contributed by atoms with Gasteiger partial charge in [-0.25, -0.2) is 0 Å². The second-order valence-corrected chi connectivity index (χ2v) is 8.62. The Morgan fingerprint density at radius 2 is 1.76 bits per heavy atom. The van der Waals surface area contributed by atoms with E-state index in [-0.39, 0.29) is 0 Å². The summed E-state index contributed by atoms with van der Waals surface area (Å²) >= 11 is 5.40. The van der Waals surface area contributed by atoms with Crippen LogP contribution in [0.25, 0.3) is 0 Å². The van der Waals surface area contributed by atoms with Crippen LogP contribution < -0.4 is 5.32 Å². The van der Waals surface area contributed by atoms with Crippen molar-refractivity contribution in [3.05, 3.63) is 56.2 Å². The van der Waals surface area contributed by atoms with Gasteiger partial charge in [-0.05, 0) is 59.4 Å². The van der Waals surface area contributed by atoms with Gasteiger partial charge in [-0.1, -0.05) is 43.7 Å². The Labute approximate surface area is 140 Å². The molecule has 0 spiro atoms. The summed E-state index contributed by atoms with van der Waals surface area (Å²) in [6.07, 6.45) is 1.10. The van der Waals surface area contributed by atoms with Crippen molar-refractivity contribution in [2.45, 2.75) is 33.1 Å². The van der Waals surface area contributed by atoms with Gasteiger partial charge in [-0.15, -0.1) is 11.3 Å². The number of hydrogen-bond donors (Lipinski definition) is 1. The van der Waals surface area contributed by atoms with Crippen molar-refractivity contribution in [2.75, 3.05) is 13.1 Å². The quantitative estimate of drug-likeness (QED) is 0.693. The molecule has 0 aliphatic carbocycles. The summed E-state index contributed by atoms with van der Waals surface area (Å²) in [5.41, 5.74) is 2.76. The molecule has 0 saturated carbocycles. The lowest BCUT2D eigenvalue weighted by Gasteiger charge is -2.19. The average Bonchev–Trinajstić information content (AvgIpc) is 2.84. The minimum absolute atomic E-state index is 0.537. The molecule has 1 nitrogen and oxygen atoms in total. The number of rotatable bonds is 7. The Balaban J connectivity index is 2.07. The van der Waals surface area contributed by atoms with Gasteiger partial charge >= 0.3 is 0 Å². The summed E-state index contributed by atoms with van der Waals surface area (Å²) in [5, 5.41) is 3.62. The highest BCUT2D eigenvalue weighted by molar-refractivity contribution is 9.11. The normalized spacial score (nSPS) is 12.8. The Bertz CT molecular complexity index is 545. The molecule has 0 aliphatic rings. The van der Waals surface area contributed by atoms with Crippen LogP contribution in [0.4, 0.5) is 0 Å². The van der Waals surface area contributed by atoms with Crippen molar-refractivity contribution < 1.29 is 0 Å². The molecule has 0 aliphatic heterocycles. The van der Waals surface area contributed by atoms with Crippen LogP contribution in [0.15, 0.2) is 40.2 Å². The Morgan fingerprint density at radius 3 is 2.33 bits per heavy atom. The molecule has 0 saturated heterocycles. The maximum Gasteiger partial charge on any atom is 0.0701 e. The molecular weight excluding hydrogens is 342 g/mol. The highest BCUT2D eigenvalue weighted by Gasteiger charge is 2.13. The van der Waals surface area contributed by atoms with Gasteiger partial charge in [0.25, 0.3) is 0 Å². The van der Waals surface area contributed by atoms with Crippen LogP contribution in [0.5, 0.6) is 0 Å². The van der Waals surface area contributed by atoms with Crippen LogP contribution in [0, 0.1) is 12.8 Å². The van der Waals surface area contributed by atoms with E-state index in [9.17, 15) is 0 Å². The van der Waals surface area contributed by atoms with E-state index in [1.165, 1.54) is 19.8 Å². The molecule has 1 unspecified atom stereocenters. The zero-order valence-corrected chi connectivity index (χ0v) is 15.4. The Morgan fingerprint density at radius 1 is 1.05 bits per heavy atom. The first kappa shape index (κ1) is 16.7. The van der Waals surface area contributed by atoms with E-state index in [1.807, 2.05) is 11.3 Å². The predicted octanol–water partition coefficient (Wildman–Crippen LogP) is 5.39. The lowest BCUT2D eigenvalue weighted by molar-refractivity contribution is 0.515. The van der Waals surface area contributed by atoms with E-state index in [4.69, 9.17) is 0 Å². The molecule has 3 heteroatoms. The number of nitrogens with one attached hydrogen (secondary N) is 1. The standard InChI is InChI=1S/C18H24BrNS/c1-13(2)11-20-12-16(10-17-8-9-18(19)21-17)15-6-4-14(3)5-7-15/h4-9,13,16,20H,10-12H2,1-3H3. The van der Waals surface area contributed by atoms with Crippen LogP contribution in [0.2, 0.25) is 0 Å². The van der Waals surface area contributed by atoms with Gasteiger partial charge in [0.2, 0.25) is 0 Å². The smallest absolute Gasteiger partial charge is 0.0701 e. The fourth-order valence-corrected chi connectivity index (χ4v) is 3.96. The van der Waals surface area contributed by atoms with Crippen molar-refractivity contribution in [3.63, 3.8) is 0 Å². The van der Waals surface area contributed by atoms with Gasteiger partial charge in [0.05, 0.1) is 3.79 Å². The first-order chi connectivity index (χ1) is 10.0. The fourth-order valence-electron chi connectivity index (χ4n) is 2.40. The van der Waals surface area contributed by atoms with E-state index in [0.717, 1.165) is 19.5 Å². The van der Waals surface area contributed by atoms with Crippen LogP contribution in [0.3, 0.4) is 0 Å². The topological polar surface area (TPSA) is 12.0 Å². The Kier molecular flexibility index (Phi) is 6.46. The maximum absolute atomic E-state index is 3.62. The van der Waals surface area contributed by atoms with Crippen LogP contribution in [0.1, 0.15) is 35.8 Å². The highest BCUT2D eigenvalue weighted by Crippen LogP contribution is 2.28. The fraction of sp³-hybridized carbons (Fsp3) is 0.444. The number of benzene rings is 1. The van der Waals surface area contributed by atoms with Gasteiger partial charge in [-0.3, -0.25) is 0 Å². The van der Waals surface area contributed by atoms with Crippen LogP contribution >= 0.6 is 27.3 Å². The molecule has 1 atom stereocenters. The zero-order chi connectivity index (χ0) is 15.2. The van der Waals surface area contributed by atoms with Gasteiger partial charge in [0.1, 0.15) is 0 Å². The Hall–Kier alpha value is -0.640. The second-order valence-electron chi connectivity index (χ2n) is 6.07. The molecule has 1 aromatic carbocycles. The third kappa shape index (κ3) is 5.57. The summed E-state index contributed by atoms with van der Waals surface area (Å²) in [5.74, 6) is 1.23. The number of halogens is 1. The molecule has 2 aromatic rings. The van der Waals surface area contributed by atoms with Crippen LogP contribution in [-0.2, 0) is 6.42 Å². The maximum atomic E-state index is 3.62. The molecule has 0 radical (unpaired) electrons. The molecule has 2 rings (SSSR count). The van der Waals surface area contributed by atoms with Crippen molar-refractivity contribution in [3.8, 4) is 0 Å². The van der Waals surface area contributed by atoms with Gasteiger partial charge in [0, 0.05) is 17.3 Å². The molecule has 21 heavy (non-hydrogen) atoms. The molecule has 1 aromatic heterocycles. The monoisotopic (exact) mass is 365 g/mol. The van der Waals surface area contributed by atoms with E-state index < -0.39 is 0 Å². The minimum Gasteiger partial charge on any atom is -0.316 e. The minimum atomic E-state index is 0.537. The summed E-state index contributed by atoms with van der Waals surface area (Å²) in [7, 11) is 0. The molecule has 0 fully saturated rings. The van der Waals surface area contributed by atoms with Gasteiger partial charge in [-0.2, -0.15) is 0 Å². The van der Waals surface area contributed by atoms with Crippen LogP contribution in [-0.4, -0.2) is 13.1 Å². The first-order valence-electron chi connectivity index (χ1n) is 7.56. The molecule has 1 heterocycles.